The predicted octanol–water partition coefficient (Wildman–Crippen LogP) is 6.30. The molecule has 3 aromatic heterocycles. The summed E-state index contributed by atoms with van der Waals surface area (Å²) in [5, 5.41) is 1.35. The molecule has 0 fully saturated rings. The van der Waals surface area contributed by atoms with Crippen molar-refractivity contribution in [3.05, 3.63) is 60.4 Å². The van der Waals surface area contributed by atoms with Gasteiger partial charge in [-0.1, -0.05) is 26.0 Å². The van der Waals surface area contributed by atoms with E-state index in [0.717, 1.165) is 11.0 Å². The van der Waals surface area contributed by atoms with Crippen molar-refractivity contribution in [3.63, 3.8) is 0 Å². The Hall–Kier alpha value is -2.89. The maximum atomic E-state index is 14.5. The number of aromatic nitrogens is 3. The highest BCUT2D eigenvalue weighted by molar-refractivity contribution is 6.08. The van der Waals surface area contributed by atoms with Crippen LogP contribution in [0.25, 0.3) is 32.9 Å². The van der Waals surface area contributed by atoms with E-state index in [9.17, 15) is 13.2 Å². The van der Waals surface area contributed by atoms with Crippen LogP contribution in [0.4, 0.5) is 13.2 Å². The van der Waals surface area contributed by atoms with Gasteiger partial charge < -0.3 is 0 Å². The third kappa shape index (κ3) is 2.85. The number of benzene rings is 1. The van der Waals surface area contributed by atoms with Gasteiger partial charge in [0.25, 0.3) is 0 Å². The number of nitrogens with zero attached hydrogens (tertiary/aromatic N) is 3. The van der Waals surface area contributed by atoms with Gasteiger partial charge in [-0.2, -0.15) is 8.78 Å². The summed E-state index contributed by atoms with van der Waals surface area (Å²) in [6, 6.07) is 8.22. The van der Waals surface area contributed by atoms with Crippen LogP contribution in [0.1, 0.15) is 38.4 Å². The molecule has 0 spiro atoms. The molecule has 138 valence electrons. The molecule has 3 nitrogen and oxygen atoms in total. The monoisotopic (exact) mass is 369 g/mol. The van der Waals surface area contributed by atoms with E-state index in [1.54, 1.807) is 36.7 Å². The van der Waals surface area contributed by atoms with E-state index in [1.807, 2.05) is 13.8 Å². The summed E-state index contributed by atoms with van der Waals surface area (Å²) in [7, 11) is 0. The zero-order valence-electron chi connectivity index (χ0n) is 15.0. The molecule has 1 unspecified atom stereocenters. The van der Waals surface area contributed by atoms with Crippen molar-refractivity contribution in [2.24, 2.45) is 0 Å². The lowest BCUT2D eigenvalue weighted by Crippen LogP contribution is -2.00. The van der Waals surface area contributed by atoms with Crippen molar-refractivity contribution in [1.29, 1.82) is 0 Å². The summed E-state index contributed by atoms with van der Waals surface area (Å²) in [4.78, 5) is 8.31. The lowest BCUT2D eigenvalue weighted by Gasteiger charge is -2.11. The summed E-state index contributed by atoms with van der Waals surface area (Å²) in [6.45, 7) is 1.21. The maximum absolute atomic E-state index is 14.5. The highest BCUT2D eigenvalue weighted by Crippen LogP contribution is 2.35. The smallest absolute Gasteiger partial charge is 0.284 e. The van der Waals surface area contributed by atoms with Gasteiger partial charge in [-0.05, 0) is 30.2 Å². The quantitative estimate of drug-likeness (QED) is 0.423. The minimum absolute atomic E-state index is 0.0235. The minimum atomic E-state index is -2.69. The standard InChI is InChI=1S/C21H18F3N3/c1-3-12(2)20-17(22)8-14(10-26-20)13-4-5-15-16-11-25-7-6-18(16)27(21(23)24)19(15)9-13/h4-12,21H,3H2,1-2H3. The van der Waals surface area contributed by atoms with Gasteiger partial charge in [0.2, 0.25) is 0 Å². The van der Waals surface area contributed by atoms with E-state index in [1.165, 1.54) is 12.3 Å². The molecule has 1 aromatic carbocycles. The van der Waals surface area contributed by atoms with E-state index < -0.39 is 6.55 Å². The molecule has 0 aliphatic carbocycles. The summed E-state index contributed by atoms with van der Waals surface area (Å²) in [6.07, 6.45) is 5.46. The Bertz CT molecular complexity index is 1130. The molecule has 0 aliphatic heterocycles. The van der Waals surface area contributed by atoms with Crippen molar-refractivity contribution >= 4 is 21.8 Å². The Labute approximate surface area is 154 Å². The molecule has 3 heterocycles. The molecule has 4 aromatic rings. The maximum Gasteiger partial charge on any atom is 0.319 e. The van der Waals surface area contributed by atoms with Crippen LogP contribution in [0.5, 0.6) is 0 Å². The first-order valence-electron chi connectivity index (χ1n) is 8.83. The van der Waals surface area contributed by atoms with Gasteiger partial charge in [0.1, 0.15) is 5.82 Å². The van der Waals surface area contributed by atoms with Crippen LogP contribution in [-0.2, 0) is 0 Å². The number of hydrogen-bond donors (Lipinski definition) is 0. The topological polar surface area (TPSA) is 30.7 Å². The Balaban J connectivity index is 1.90. The van der Waals surface area contributed by atoms with Gasteiger partial charge >= 0.3 is 6.55 Å². The molecule has 6 heteroatoms. The molecule has 1 atom stereocenters. The van der Waals surface area contributed by atoms with Crippen LogP contribution < -0.4 is 0 Å². The largest absolute Gasteiger partial charge is 0.319 e. The highest BCUT2D eigenvalue weighted by Gasteiger charge is 2.18. The van der Waals surface area contributed by atoms with Crippen molar-refractivity contribution in [2.45, 2.75) is 32.7 Å². The summed E-state index contributed by atoms with van der Waals surface area (Å²) in [5.41, 5.74) is 2.43. The summed E-state index contributed by atoms with van der Waals surface area (Å²) in [5.74, 6) is -0.351. The fourth-order valence-electron chi connectivity index (χ4n) is 3.45. The minimum Gasteiger partial charge on any atom is -0.284 e. The van der Waals surface area contributed by atoms with Crippen molar-refractivity contribution in [2.75, 3.05) is 0 Å². The first kappa shape index (κ1) is 17.5. The van der Waals surface area contributed by atoms with Gasteiger partial charge in [-0.15, -0.1) is 0 Å². The lowest BCUT2D eigenvalue weighted by atomic mass is 10.0. The first-order chi connectivity index (χ1) is 13.0. The van der Waals surface area contributed by atoms with E-state index in [0.29, 0.717) is 38.6 Å². The normalized spacial score (nSPS) is 13.0. The Morgan fingerprint density at radius 1 is 1.00 bits per heavy atom. The molecule has 0 N–H and O–H groups in total. The molecule has 0 aliphatic rings. The SMILES string of the molecule is CCC(C)c1ncc(-c2ccc3c4cnccc4n(C(F)F)c3c2)cc1F. The molecule has 0 amide bonds. The Morgan fingerprint density at radius 3 is 2.52 bits per heavy atom. The highest BCUT2D eigenvalue weighted by atomic mass is 19.3. The molecule has 0 saturated carbocycles. The second-order valence-electron chi connectivity index (χ2n) is 6.67. The second kappa shape index (κ2) is 6.68. The third-order valence-corrected chi connectivity index (χ3v) is 5.08. The van der Waals surface area contributed by atoms with Crippen LogP contribution in [0.3, 0.4) is 0 Å². The van der Waals surface area contributed by atoms with Crippen molar-refractivity contribution in [3.8, 4) is 11.1 Å². The Kier molecular flexibility index (Phi) is 4.34. The van der Waals surface area contributed by atoms with Gasteiger partial charge in [0.05, 0.1) is 16.7 Å². The van der Waals surface area contributed by atoms with Crippen LogP contribution in [0.15, 0.2) is 48.9 Å². The molecular formula is C21H18F3N3. The van der Waals surface area contributed by atoms with Crippen molar-refractivity contribution < 1.29 is 13.2 Å². The van der Waals surface area contributed by atoms with E-state index in [-0.39, 0.29) is 11.7 Å². The fraction of sp³-hybridized carbons (Fsp3) is 0.238. The zero-order valence-corrected chi connectivity index (χ0v) is 15.0. The number of hydrogen-bond acceptors (Lipinski definition) is 2. The van der Waals surface area contributed by atoms with E-state index >= 15 is 0 Å². The van der Waals surface area contributed by atoms with Crippen LogP contribution in [-0.4, -0.2) is 14.5 Å². The molecule has 0 bridgehead atoms. The fourth-order valence-corrected chi connectivity index (χ4v) is 3.45. The number of halogens is 3. The van der Waals surface area contributed by atoms with Crippen LogP contribution >= 0.6 is 0 Å². The number of pyridine rings is 2. The van der Waals surface area contributed by atoms with E-state index in [4.69, 9.17) is 0 Å². The van der Waals surface area contributed by atoms with Crippen molar-refractivity contribution in [1.82, 2.24) is 14.5 Å². The molecule has 27 heavy (non-hydrogen) atoms. The second-order valence-corrected chi connectivity index (χ2v) is 6.67. The van der Waals surface area contributed by atoms with Gasteiger partial charge in [-0.25, -0.2) is 4.39 Å². The number of alkyl halides is 2. The van der Waals surface area contributed by atoms with Gasteiger partial charge in [-0.3, -0.25) is 14.5 Å². The van der Waals surface area contributed by atoms with Gasteiger partial charge in [0, 0.05) is 40.8 Å². The zero-order chi connectivity index (χ0) is 19.1. The van der Waals surface area contributed by atoms with Crippen LogP contribution in [0.2, 0.25) is 0 Å². The number of rotatable bonds is 4. The van der Waals surface area contributed by atoms with E-state index in [2.05, 4.69) is 9.97 Å². The lowest BCUT2D eigenvalue weighted by molar-refractivity contribution is 0.0796. The molecule has 4 rings (SSSR count). The van der Waals surface area contributed by atoms with Gasteiger partial charge in [0.15, 0.2) is 0 Å². The predicted molar refractivity (Wildman–Crippen MR) is 100 cm³/mol. The average molecular weight is 369 g/mol. The number of fused-ring (bicyclic) bond motifs is 3. The average Bonchev–Trinajstić information content (AvgIpc) is 3.01. The first-order valence-corrected chi connectivity index (χ1v) is 8.83. The summed E-state index contributed by atoms with van der Waals surface area (Å²) < 4.78 is 42.9. The third-order valence-electron chi connectivity index (χ3n) is 5.08. The molecule has 0 saturated heterocycles. The molecule has 0 radical (unpaired) electrons. The summed E-state index contributed by atoms with van der Waals surface area (Å²) >= 11 is 0. The Morgan fingerprint density at radius 2 is 1.81 bits per heavy atom. The van der Waals surface area contributed by atoms with Crippen LogP contribution in [0, 0.1) is 5.82 Å². The molecular weight excluding hydrogens is 351 g/mol.